The van der Waals surface area contributed by atoms with Gasteiger partial charge < -0.3 is 15.6 Å². The van der Waals surface area contributed by atoms with E-state index in [1.54, 1.807) is 12.3 Å². The molecule has 1 amide bonds. The molecule has 0 saturated carbocycles. The summed E-state index contributed by atoms with van der Waals surface area (Å²) in [4.78, 5) is 19.7. The van der Waals surface area contributed by atoms with Crippen molar-refractivity contribution in [1.29, 1.82) is 0 Å². The number of hydrogen-bond donors (Lipinski definition) is 2. The maximum absolute atomic E-state index is 11.7. The Morgan fingerprint density at radius 3 is 2.89 bits per heavy atom. The number of hydrogen-bond acceptors (Lipinski definition) is 7. The molecule has 0 aliphatic heterocycles. The Labute approximate surface area is 113 Å². The van der Waals surface area contributed by atoms with Gasteiger partial charge in [-0.1, -0.05) is 5.16 Å². The molecule has 18 heavy (non-hydrogen) atoms. The lowest BCUT2D eigenvalue weighted by Crippen LogP contribution is -2.23. The van der Waals surface area contributed by atoms with Crippen LogP contribution in [-0.4, -0.2) is 21.0 Å². The maximum atomic E-state index is 11.7. The molecule has 0 aliphatic carbocycles. The van der Waals surface area contributed by atoms with Gasteiger partial charge in [-0.15, -0.1) is 23.7 Å². The van der Waals surface area contributed by atoms with Gasteiger partial charge in [0.05, 0.1) is 6.54 Å². The number of halogens is 1. The van der Waals surface area contributed by atoms with Gasteiger partial charge in [0, 0.05) is 11.9 Å². The van der Waals surface area contributed by atoms with Crippen LogP contribution in [0.15, 0.2) is 9.90 Å². The van der Waals surface area contributed by atoms with Gasteiger partial charge in [-0.3, -0.25) is 4.79 Å². The molecule has 7 nitrogen and oxygen atoms in total. The largest absolute Gasteiger partial charge is 0.342 e. The van der Waals surface area contributed by atoms with Crippen LogP contribution in [0.4, 0.5) is 0 Å². The van der Waals surface area contributed by atoms with Gasteiger partial charge in [0.15, 0.2) is 5.82 Å². The van der Waals surface area contributed by atoms with E-state index in [0.29, 0.717) is 24.0 Å². The van der Waals surface area contributed by atoms with E-state index < -0.39 is 0 Å². The van der Waals surface area contributed by atoms with Crippen molar-refractivity contribution in [3.05, 3.63) is 27.8 Å². The fourth-order valence-corrected chi connectivity index (χ4v) is 1.82. The molecule has 9 heteroatoms. The first-order valence-electron chi connectivity index (χ1n) is 4.91. The zero-order valence-electron chi connectivity index (χ0n) is 9.54. The molecule has 0 saturated heterocycles. The molecule has 0 bridgehead atoms. The molecule has 98 valence electrons. The van der Waals surface area contributed by atoms with E-state index in [1.165, 1.54) is 11.3 Å². The van der Waals surface area contributed by atoms with Crippen LogP contribution in [0.3, 0.4) is 0 Å². The zero-order valence-corrected chi connectivity index (χ0v) is 11.2. The topological polar surface area (TPSA) is 107 Å². The third kappa shape index (κ3) is 3.49. The number of rotatable bonds is 4. The van der Waals surface area contributed by atoms with E-state index in [2.05, 4.69) is 20.4 Å². The summed E-state index contributed by atoms with van der Waals surface area (Å²) in [6.45, 7) is 2.23. The molecule has 0 unspecified atom stereocenters. The number of thiazole rings is 1. The highest BCUT2D eigenvalue weighted by Gasteiger charge is 2.11. The van der Waals surface area contributed by atoms with Gasteiger partial charge in [0.1, 0.15) is 10.7 Å². The fourth-order valence-electron chi connectivity index (χ4n) is 1.17. The highest BCUT2D eigenvalue weighted by molar-refractivity contribution is 7.09. The Morgan fingerprint density at radius 2 is 2.33 bits per heavy atom. The lowest BCUT2D eigenvalue weighted by atomic mass is 10.4. The Balaban J connectivity index is 0.00000162. The van der Waals surface area contributed by atoms with Crippen molar-refractivity contribution in [1.82, 2.24) is 20.4 Å². The van der Waals surface area contributed by atoms with Gasteiger partial charge in [-0.25, -0.2) is 4.98 Å². The number of nitrogens with zero attached hydrogens (tertiary/aromatic N) is 3. The van der Waals surface area contributed by atoms with E-state index in [9.17, 15) is 4.79 Å². The van der Waals surface area contributed by atoms with E-state index >= 15 is 0 Å². The number of aryl methyl sites for hydroxylation is 1. The molecule has 2 rings (SSSR count). The summed E-state index contributed by atoms with van der Waals surface area (Å²) in [6, 6.07) is 0. The molecule has 3 N–H and O–H groups in total. The molecule has 0 atom stereocenters. The summed E-state index contributed by atoms with van der Waals surface area (Å²) in [5, 5.41) is 8.64. The molecule has 0 fully saturated rings. The van der Waals surface area contributed by atoms with Crippen LogP contribution in [0.5, 0.6) is 0 Å². The number of nitrogens with two attached hydrogens (primary N) is 1. The van der Waals surface area contributed by atoms with Crippen LogP contribution >= 0.6 is 23.7 Å². The smallest absolute Gasteiger partial charge is 0.271 e. The van der Waals surface area contributed by atoms with Gasteiger partial charge in [0.25, 0.3) is 5.91 Å². The molecular formula is C9H12ClN5O2S. The highest BCUT2D eigenvalue weighted by atomic mass is 35.5. The summed E-state index contributed by atoms with van der Waals surface area (Å²) in [6.07, 6.45) is 0. The number of nitrogens with one attached hydrogen (secondary N) is 1. The number of amides is 1. The van der Waals surface area contributed by atoms with Crippen molar-refractivity contribution in [3.63, 3.8) is 0 Å². The Kier molecular flexibility index (Phi) is 5.20. The predicted octanol–water partition coefficient (Wildman–Crippen LogP) is 0.645. The highest BCUT2D eigenvalue weighted by Crippen LogP contribution is 2.08. The van der Waals surface area contributed by atoms with Crippen LogP contribution < -0.4 is 11.1 Å². The van der Waals surface area contributed by atoms with Gasteiger partial charge >= 0.3 is 0 Å². The second kappa shape index (κ2) is 6.43. The molecule has 0 aliphatic rings. The van der Waals surface area contributed by atoms with Crippen molar-refractivity contribution >= 4 is 29.7 Å². The summed E-state index contributed by atoms with van der Waals surface area (Å²) < 4.78 is 4.86. The van der Waals surface area contributed by atoms with Crippen LogP contribution in [0.25, 0.3) is 0 Å². The average Bonchev–Trinajstić information content (AvgIpc) is 2.94. The van der Waals surface area contributed by atoms with Crippen molar-refractivity contribution in [3.8, 4) is 0 Å². The first kappa shape index (κ1) is 14.6. The lowest BCUT2D eigenvalue weighted by Gasteiger charge is -1.97. The molecule has 2 aromatic heterocycles. The van der Waals surface area contributed by atoms with E-state index in [0.717, 1.165) is 5.01 Å². The minimum atomic E-state index is -0.281. The average molecular weight is 290 g/mol. The second-order valence-corrected chi connectivity index (χ2v) is 4.19. The van der Waals surface area contributed by atoms with Gasteiger partial charge in [-0.05, 0) is 6.92 Å². The minimum Gasteiger partial charge on any atom is -0.342 e. The van der Waals surface area contributed by atoms with Crippen molar-refractivity contribution in [2.24, 2.45) is 5.73 Å². The maximum Gasteiger partial charge on any atom is 0.271 e. The SMILES string of the molecule is Cc1noc(CNC(=O)c2csc(CN)n2)n1.Cl. The first-order valence-corrected chi connectivity index (χ1v) is 5.79. The lowest BCUT2D eigenvalue weighted by molar-refractivity contribution is 0.0942. The minimum absolute atomic E-state index is 0. The molecule has 0 aromatic carbocycles. The number of carbonyl (C=O) groups is 1. The van der Waals surface area contributed by atoms with Crippen LogP contribution in [-0.2, 0) is 13.1 Å². The molecule has 2 heterocycles. The van der Waals surface area contributed by atoms with E-state index in [-0.39, 0.29) is 24.9 Å². The van der Waals surface area contributed by atoms with E-state index in [1.807, 2.05) is 0 Å². The third-order valence-electron chi connectivity index (χ3n) is 1.93. The number of aromatic nitrogens is 3. The van der Waals surface area contributed by atoms with E-state index in [4.69, 9.17) is 10.3 Å². The summed E-state index contributed by atoms with van der Waals surface area (Å²) in [5.41, 5.74) is 5.77. The first-order chi connectivity index (χ1) is 8.19. The van der Waals surface area contributed by atoms with Gasteiger partial charge in [-0.2, -0.15) is 4.98 Å². The predicted molar refractivity (Wildman–Crippen MR) is 67.5 cm³/mol. The summed E-state index contributed by atoms with van der Waals surface area (Å²) >= 11 is 1.36. The van der Waals surface area contributed by atoms with Crippen LogP contribution in [0.2, 0.25) is 0 Å². The monoisotopic (exact) mass is 289 g/mol. The second-order valence-electron chi connectivity index (χ2n) is 3.25. The molecular weight excluding hydrogens is 278 g/mol. The summed E-state index contributed by atoms with van der Waals surface area (Å²) in [7, 11) is 0. The van der Waals surface area contributed by atoms with Crippen molar-refractivity contribution in [2.45, 2.75) is 20.0 Å². The zero-order chi connectivity index (χ0) is 12.3. The number of carbonyl (C=O) groups excluding carboxylic acids is 1. The van der Waals surface area contributed by atoms with Crippen molar-refractivity contribution < 1.29 is 9.32 Å². The quantitative estimate of drug-likeness (QED) is 0.855. The Hall–Kier alpha value is -1.51. The van der Waals surface area contributed by atoms with Crippen molar-refractivity contribution in [2.75, 3.05) is 0 Å². The fraction of sp³-hybridized carbons (Fsp3) is 0.333. The van der Waals surface area contributed by atoms with Crippen LogP contribution in [0, 0.1) is 6.92 Å². The molecule has 2 aromatic rings. The molecule has 0 radical (unpaired) electrons. The Bertz CT molecular complexity index is 527. The third-order valence-corrected chi connectivity index (χ3v) is 2.80. The standard InChI is InChI=1S/C9H11N5O2S.ClH/c1-5-12-7(16-14-5)3-11-9(15)6-4-17-8(2-10)13-6;/h4H,2-3,10H2,1H3,(H,11,15);1H. The molecule has 0 spiro atoms. The normalized spacial score (nSPS) is 9.89. The Morgan fingerprint density at radius 1 is 1.56 bits per heavy atom. The van der Waals surface area contributed by atoms with Crippen LogP contribution in [0.1, 0.15) is 27.2 Å². The summed E-state index contributed by atoms with van der Waals surface area (Å²) in [5.74, 6) is 0.621. The van der Waals surface area contributed by atoms with Gasteiger partial charge in [0.2, 0.25) is 5.89 Å².